The molecular formula is C14H16ClCuN4O6. The molecule has 12 heteroatoms. The number of hydrogen-bond acceptors (Lipinski definition) is 5. The molecule has 1 heterocycles. The SMILES string of the molecule is Cl.NC(=O)O.O=C(O)Nc1ccc([N+](=O)[O-])cc1.[CH2-]c1cccnc1.[Cu+]. The monoisotopic (exact) mass is 434 g/mol. The number of primary amides is 1. The van der Waals surface area contributed by atoms with Crippen LogP contribution in [0.15, 0.2) is 48.8 Å². The van der Waals surface area contributed by atoms with Gasteiger partial charge in [0.15, 0.2) is 0 Å². The van der Waals surface area contributed by atoms with Crippen molar-refractivity contribution < 1.29 is 41.8 Å². The van der Waals surface area contributed by atoms with Gasteiger partial charge in [0.2, 0.25) is 0 Å². The van der Waals surface area contributed by atoms with Crippen LogP contribution in [0, 0.1) is 17.0 Å². The van der Waals surface area contributed by atoms with Gasteiger partial charge in [-0.15, -0.1) is 18.5 Å². The largest absolute Gasteiger partial charge is 1.00 e. The first-order chi connectivity index (χ1) is 11.2. The first-order valence-corrected chi connectivity index (χ1v) is 6.17. The number of aromatic nitrogens is 1. The molecule has 5 N–H and O–H groups in total. The summed E-state index contributed by atoms with van der Waals surface area (Å²) in [5, 5.41) is 27.8. The number of nitrogens with two attached hydrogens (primary N) is 1. The molecule has 0 aliphatic heterocycles. The third-order valence-electron chi connectivity index (χ3n) is 2.05. The van der Waals surface area contributed by atoms with Crippen molar-refractivity contribution in [1.29, 1.82) is 0 Å². The van der Waals surface area contributed by atoms with Crippen molar-refractivity contribution in [2.45, 2.75) is 0 Å². The Morgan fingerprint density at radius 3 is 1.96 bits per heavy atom. The topological polar surface area (TPSA) is 169 Å². The number of anilines is 1. The van der Waals surface area contributed by atoms with Gasteiger partial charge >= 0.3 is 29.3 Å². The van der Waals surface area contributed by atoms with Crippen LogP contribution in [0.4, 0.5) is 21.0 Å². The molecule has 146 valence electrons. The number of halogens is 1. The first kappa shape index (κ1) is 27.8. The molecule has 0 aliphatic carbocycles. The molecule has 0 saturated carbocycles. The number of non-ortho nitro benzene ring substituents is 1. The summed E-state index contributed by atoms with van der Waals surface area (Å²) in [7, 11) is 0. The minimum atomic E-state index is -1.33. The number of hydrogen-bond donors (Lipinski definition) is 4. The molecule has 26 heavy (non-hydrogen) atoms. The van der Waals surface area contributed by atoms with E-state index in [1.54, 1.807) is 12.4 Å². The fourth-order valence-electron chi connectivity index (χ4n) is 1.19. The fourth-order valence-corrected chi connectivity index (χ4v) is 1.19. The van der Waals surface area contributed by atoms with Gasteiger partial charge in [-0.3, -0.25) is 15.4 Å². The van der Waals surface area contributed by atoms with E-state index in [0.29, 0.717) is 5.69 Å². The predicted octanol–water partition coefficient (Wildman–Crippen LogP) is 2.99. The number of nitro groups is 1. The van der Waals surface area contributed by atoms with E-state index < -0.39 is 17.1 Å². The number of rotatable bonds is 2. The zero-order chi connectivity index (χ0) is 18.5. The zero-order valence-corrected chi connectivity index (χ0v) is 14.8. The summed E-state index contributed by atoms with van der Waals surface area (Å²) < 4.78 is 0. The number of pyridine rings is 1. The fraction of sp³-hybridized carbons (Fsp3) is 0. The number of nitrogens with one attached hydrogen (secondary N) is 1. The number of amides is 2. The van der Waals surface area contributed by atoms with Crippen molar-refractivity contribution in [3.63, 3.8) is 0 Å². The van der Waals surface area contributed by atoms with Crippen molar-refractivity contribution in [1.82, 2.24) is 4.98 Å². The van der Waals surface area contributed by atoms with E-state index >= 15 is 0 Å². The Morgan fingerprint density at radius 1 is 1.19 bits per heavy atom. The Balaban J connectivity index is -0.000000346. The van der Waals surface area contributed by atoms with E-state index in [1.807, 2.05) is 12.1 Å². The average molecular weight is 435 g/mol. The van der Waals surface area contributed by atoms with Crippen LogP contribution in [0.25, 0.3) is 0 Å². The van der Waals surface area contributed by atoms with Gasteiger partial charge in [-0.1, -0.05) is 6.20 Å². The maximum absolute atomic E-state index is 10.2. The maximum atomic E-state index is 10.2. The number of carbonyl (C=O) groups is 2. The van der Waals surface area contributed by atoms with Crippen molar-refractivity contribution in [3.05, 3.63) is 71.4 Å². The molecule has 10 nitrogen and oxygen atoms in total. The first-order valence-electron chi connectivity index (χ1n) is 6.17. The summed E-state index contributed by atoms with van der Waals surface area (Å²) in [4.78, 5) is 32.4. The van der Waals surface area contributed by atoms with Gasteiger partial charge in [0, 0.05) is 17.8 Å². The van der Waals surface area contributed by atoms with Crippen molar-refractivity contribution in [2.75, 3.05) is 5.32 Å². The molecule has 0 saturated heterocycles. The van der Waals surface area contributed by atoms with Gasteiger partial charge in [-0.2, -0.15) is 18.6 Å². The van der Waals surface area contributed by atoms with E-state index in [0.717, 1.165) is 5.56 Å². The zero-order valence-electron chi connectivity index (χ0n) is 13.0. The Bertz CT molecular complexity index is 669. The molecule has 0 atom stereocenters. The van der Waals surface area contributed by atoms with Gasteiger partial charge < -0.3 is 20.9 Å². The summed E-state index contributed by atoms with van der Waals surface area (Å²) >= 11 is 0. The summed E-state index contributed by atoms with van der Waals surface area (Å²) in [6, 6.07) is 8.88. The Hall–Kier alpha value is -3.01. The quantitative estimate of drug-likeness (QED) is 0.243. The molecule has 1 aromatic carbocycles. The molecule has 0 radical (unpaired) electrons. The second kappa shape index (κ2) is 15.5. The normalized spacial score (nSPS) is 7.85. The van der Waals surface area contributed by atoms with Gasteiger partial charge in [0.1, 0.15) is 0 Å². The maximum Gasteiger partial charge on any atom is 1.00 e. The van der Waals surface area contributed by atoms with Gasteiger partial charge in [0.05, 0.1) is 4.92 Å². The van der Waals surface area contributed by atoms with E-state index in [2.05, 4.69) is 23.0 Å². The molecule has 0 bridgehead atoms. The number of benzene rings is 1. The molecule has 0 spiro atoms. The van der Waals surface area contributed by atoms with Crippen molar-refractivity contribution in [3.8, 4) is 0 Å². The predicted molar refractivity (Wildman–Crippen MR) is 92.9 cm³/mol. The average Bonchev–Trinajstić information content (AvgIpc) is 2.48. The van der Waals surface area contributed by atoms with Gasteiger partial charge in [-0.25, -0.2) is 9.59 Å². The van der Waals surface area contributed by atoms with Crippen LogP contribution >= 0.6 is 12.4 Å². The van der Waals surface area contributed by atoms with Crippen molar-refractivity contribution in [2.24, 2.45) is 5.73 Å². The second-order valence-electron chi connectivity index (χ2n) is 3.93. The third kappa shape index (κ3) is 15.9. The van der Waals surface area contributed by atoms with Crippen LogP contribution in [0.3, 0.4) is 0 Å². The molecule has 0 fully saturated rings. The number of carboxylic acid groups (broad SMARTS) is 2. The minimum Gasteiger partial charge on any atom is -0.465 e. The van der Waals surface area contributed by atoms with E-state index in [4.69, 9.17) is 15.0 Å². The van der Waals surface area contributed by atoms with Crippen LogP contribution in [-0.4, -0.2) is 32.3 Å². The summed E-state index contributed by atoms with van der Waals surface area (Å²) in [5.41, 5.74) is 5.22. The van der Waals surface area contributed by atoms with Crippen molar-refractivity contribution >= 4 is 36.0 Å². The number of nitrogens with zero attached hydrogens (tertiary/aromatic N) is 2. The Morgan fingerprint density at radius 2 is 1.69 bits per heavy atom. The second-order valence-corrected chi connectivity index (χ2v) is 3.93. The summed E-state index contributed by atoms with van der Waals surface area (Å²) in [5.74, 6) is 0. The molecule has 0 unspecified atom stereocenters. The Kier molecular flexibility index (Phi) is 16.6. The van der Waals surface area contributed by atoms with E-state index in [1.165, 1.54) is 24.3 Å². The van der Waals surface area contributed by atoms with Crippen LogP contribution in [0.1, 0.15) is 5.56 Å². The molecular weight excluding hydrogens is 419 g/mol. The van der Waals surface area contributed by atoms with Crippen LogP contribution < -0.4 is 11.1 Å². The summed E-state index contributed by atoms with van der Waals surface area (Å²) in [6.07, 6.45) is 0.920. The molecule has 0 aliphatic rings. The van der Waals surface area contributed by atoms with Gasteiger partial charge in [0.25, 0.3) is 5.69 Å². The molecule has 2 aromatic rings. The number of nitro benzene ring substituents is 1. The van der Waals surface area contributed by atoms with Gasteiger partial charge in [-0.05, 0) is 18.3 Å². The standard InChI is InChI=1S/C7H6N2O4.C6H6N.CH3NO2.ClH.Cu/c10-7(11)8-5-1-3-6(4-2-5)9(12)13;1-6-3-2-4-7-5-6;2-1(3)4;;/h1-4,8H,(H,10,11);2-5H,1H2;2H2,(H,3,4);1H;/q;-1;;;+1. The molecule has 2 amide bonds. The molecule has 2 rings (SSSR count). The molecule has 1 aromatic heterocycles. The van der Waals surface area contributed by atoms with Crippen LogP contribution in [-0.2, 0) is 17.1 Å². The minimum absolute atomic E-state index is 0. The smallest absolute Gasteiger partial charge is 0.465 e. The van der Waals surface area contributed by atoms with E-state index in [9.17, 15) is 14.9 Å². The van der Waals surface area contributed by atoms with Crippen LogP contribution in [0.2, 0.25) is 0 Å². The Labute approximate surface area is 165 Å². The van der Waals surface area contributed by atoms with Crippen LogP contribution in [0.5, 0.6) is 0 Å². The summed E-state index contributed by atoms with van der Waals surface area (Å²) in [6.45, 7) is 3.66. The third-order valence-corrected chi connectivity index (χ3v) is 2.05. The van der Waals surface area contributed by atoms with E-state index in [-0.39, 0.29) is 35.2 Å².